The van der Waals surface area contributed by atoms with Gasteiger partial charge in [0.25, 0.3) is 5.95 Å². The molecule has 1 saturated heterocycles. The fourth-order valence-corrected chi connectivity index (χ4v) is 2.32. The first-order chi connectivity index (χ1) is 8.49. The summed E-state index contributed by atoms with van der Waals surface area (Å²) in [6.07, 6.45) is 2.12. The maximum absolute atomic E-state index is 13.5. The van der Waals surface area contributed by atoms with Crippen LogP contribution in [0.4, 0.5) is 19.0 Å². The molecule has 1 atom stereocenters. The number of likely N-dealkylation sites (N-methyl/N-ethyl adjacent to an activating group) is 2. The summed E-state index contributed by atoms with van der Waals surface area (Å²) in [6, 6.07) is 0.830. The van der Waals surface area contributed by atoms with Crippen molar-refractivity contribution in [2.75, 3.05) is 32.1 Å². The normalized spacial score (nSPS) is 20.4. The van der Waals surface area contributed by atoms with Gasteiger partial charge >= 0.3 is 0 Å². The van der Waals surface area contributed by atoms with Crippen LogP contribution in [0.5, 0.6) is 0 Å². The van der Waals surface area contributed by atoms with Crippen LogP contribution in [-0.4, -0.2) is 43.1 Å². The molecule has 2 rings (SSSR count). The number of hydrogen-bond acceptors (Lipinski definition) is 3. The smallest absolute Gasteiger partial charge is 0.251 e. The highest BCUT2D eigenvalue weighted by Gasteiger charge is 2.24. The molecule has 0 saturated carbocycles. The molecule has 0 bridgehead atoms. The third-order valence-electron chi connectivity index (χ3n) is 3.39. The molecule has 0 N–H and O–H groups in total. The van der Waals surface area contributed by atoms with Crippen molar-refractivity contribution in [1.82, 2.24) is 9.88 Å². The molecule has 0 spiro atoms. The van der Waals surface area contributed by atoms with Gasteiger partial charge in [0.15, 0.2) is 17.5 Å². The number of pyridine rings is 1. The molecular weight excluding hydrogens is 243 g/mol. The van der Waals surface area contributed by atoms with Gasteiger partial charge in [0.2, 0.25) is 0 Å². The minimum Gasteiger partial charge on any atom is -0.356 e. The zero-order valence-electron chi connectivity index (χ0n) is 10.5. The van der Waals surface area contributed by atoms with Crippen molar-refractivity contribution in [2.45, 2.75) is 18.9 Å². The van der Waals surface area contributed by atoms with E-state index in [1.165, 1.54) is 4.90 Å². The van der Waals surface area contributed by atoms with E-state index in [2.05, 4.69) is 9.88 Å². The van der Waals surface area contributed by atoms with Crippen LogP contribution in [0.1, 0.15) is 12.8 Å². The first-order valence-corrected chi connectivity index (χ1v) is 5.92. The second-order valence-electron chi connectivity index (χ2n) is 4.72. The lowest BCUT2D eigenvalue weighted by molar-refractivity contribution is 0.313. The molecule has 0 aromatic carbocycles. The van der Waals surface area contributed by atoms with Crippen molar-refractivity contribution in [2.24, 2.45) is 0 Å². The van der Waals surface area contributed by atoms with E-state index in [-0.39, 0.29) is 5.82 Å². The highest BCUT2D eigenvalue weighted by atomic mass is 19.2. The average molecular weight is 259 g/mol. The van der Waals surface area contributed by atoms with Gasteiger partial charge in [0.1, 0.15) is 0 Å². The van der Waals surface area contributed by atoms with Gasteiger partial charge < -0.3 is 9.80 Å². The summed E-state index contributed by atoms with van der Waals surface area (Å²) in [5, 5.41) is 0. The second kappa shape index (κ2) is 5.14. The highest BCUT2D eigenvalue weighted by Crippen LogP contribution is 2.21. The Hall–Kier alpha value is -1.30. The number of rotatable bonds is 3. The third-order valence-corrected chi connectivity index (χ3v) is 3.39. The minimum atomic E-state index is -1.27. The van der Waals surface area contributed by atoms with E-state index >= 15 is 0 Å². The largest absolute Gasteiger partial charge is 0.356 e. The molecule has 1 aromatic heterocycles. The quantitative estimate of drug-likeness (QED) is 0.774. The van der Waals surface area contributed by atoms with Crippen molar-refractivity contribution in [3.05, 3.63) is 23.6 Å². The second-order valence-corrected chi connectivity index (χ2v) is 4.72. The summed E-state index contributed by atoms with van der Waals surface area (Å²) >= 11 is 0. The number of nitrogens with zero attached hydrogens (tertiary/aromatic N) is 3. The Morgan fingerprint density at radius 3 is 2.72 bits per heavy atom. The molecule has 0 aliphatic carbocycles. The van der Waals surface area contributed by atoms with Crippen molar-refractivity contribution in [1.29, 1.82) is 0 Å². The summed E-state index contributed by atoms with van der Waals surface area (Å²) in [5.74, 6) is -3.51. The van der Waals surface area contributed by atoms with Crippen molar-refractivity contribution in [3.63, 3.8) is 0 Å². The Morgan fingerprint density at radius 1 is 1.39 bits per heavy atom. The SMILES string of the molecule is CN(CC1CCCN1C)c1nc(F)c(F)cc1F. The van der Waals surface area contributed by atoms with Crippen LogP contribution in [0.2, 0.25) is 0 Å². The van der Waals surface area contributed by atoms with Gasteiger partial charge in [0.05, 0.1) is 0 Å². The Labute approximate surface area is 104 Å². The maximum atomic E-state index is 13.5. The van der Waals surface area contributed by atoms with Gasteiger partial charge in [-0.2, -0.15) is 9.37 Å². The lowest BCUT2D eigenvalue weighted by Gasteiger charge is -2.26. The summed E-state index contributed by atoms with van der Waals surface area (Å²) in [7, 11) is 3.63. The molecule has 1 aliphatic heterocycles. The van der Waals surface area contributed by atoms with Crippen LogP contribution >= 0.6 is 0 Å². The Kier molecular flexibility index (Phi) is 3.75. The fourth-order valence-electron chi connectivity index (χ4n) is 2.32. The summed E-state index contributed by atoms with van der Waals surface area (Å²) in [5.41, 5.74) is 0. The van der Waals surface area contributed by atoms with Crippen LogP contribution in [-0.2, 0) is 0 Å². The predicted octanol–water partition coefficient (Wildman–Crippen LogP) is 2.03. The predicted molar refractivity (Wildman–Crippen MR) is 63.0 cm³/mol. The van der Waals surface area contributed by atoms with E-state index in [1.54, 1.807) is 7.05 Å². The zero-order valence-corrected chi connectivity index (χ0v) is 10.5. The number of halogens is 3. The van der Waals surface area contributed by atoms with Crippen molar-refractivity contribution in [3.8, 4) is 0 Å². The zero-order chi connectivity index (χ0) is 13.3. The topological polar surface area (TPSA) is 19.4 Å². The molecule has 100 valence electrons. The highest BCUT2D eigenvalue weighted by molar-refractivity contribution is 5.39. The summed E-state index contributed by atoms with van der Waals surface area (Å²) in [4.78, 5) is 7.04. The molecule has 6 heteroatoms. The van der Waals surface area contributed by atoms with Gasteiger partial charge in [-0.3, -0.25) is 0 Å². The van der Waals surface area contributed by atoms with E-state index in [4.69, 9.17) is 0 Å². The first kappa shape index (κ1) is 13.1. The summed E-state index contributed by atoms with van der Waals surface area (Å²) < 4.78 is 39.3. The fraction of sp³-hybridized carbons (Fsp3) is 0.583. The van der Waals surface area contributed by atoms with Crippen molar-refractivity contribution < 1.29 is 13.2 Å². The number of likely N-dealkylation sites (tertiary alicyclic amines) is 1. The van der Waals surface area contributed by atoms with Crippen LogP contribution in [0.25, 0.3) is 0 Å². The van der Waals surface area contributed by atoms with Crippen LogP contribution < -0.4 is 4.90 Å². The molecule has 1 aromatic rings. The van der Waals surface area contributed by atoms with Crippen LogP contribution in [0.15, 0.2) is 6.07 Å². The average Bonchev–Trinajstić information content (AvgIpc) is 2.69. The van der Waals surface area contributed by atoms with E-state index < -0.39 is 17.6 Å². The minimum absolute atomic E-state index is 0.144. The van der Waals surface area contributed by atoms with E-state index in [0.717, 1.165) is 19.4 Å². The number of aromatic nitrogens is 1. The molecule has 1 unspecified atom stereocenters. The molecule has 18 heavy (non-hydrogen) atoms. The molecule has 3 nitrogen and oxygen atoms in total. The first-order valence-electron chi connectivity index (χ1n) is 5.92. The van der Waals surface area contributed by atoms with E-state index in [9.17, 15) is 13.2 Å². The Morgan fingerprint density at radius 2 is 2.11 bits per heavy atom. The Bertz CT molecular complexity index is 439. The number of anilines is 1. The van der Waals surface area contributed by atoms with E-state index in [1.807, 2.05) is 7.05 Å². The Balaban J connectivity index is 2.13. The standard InChI is InChI=1S/C12H16F3N3/c1-17-5-3-4-8(17)7-18(2)12-10(14)6-9(13)11(15)16-12/h6,8H,3-5,7H2,1-2H3. The molecule has 0 radical (unpaired) electrons. The molecule has 1 aliphatic rings. The molecular formula is C12H16F3N3. The van der Waals surface area contributed by atoms with Gasteiger partial charge in [-0.05, 0) is 26.4 Å². The van der Waals surface area contributed by atoms with Crippen LogP contribution in [0, 0.1) is 17.6 Å². The van der Waals surface area contributed by atoms with Gasteiger partial charge in [-0.15, -0.1) is 0 Å². The van der Waals surface area contributed by atoms with Gasteiger partial charge in [-0.25, -0.2) is 8.78 Å². The lowest BCUT2D eigenvalue weighted by Crippen LogP contribution is -2.37. The summed E-state index contributed by atoms with van der Waals surface area (Å²) in [6.45, 7) is 1.55. The van der Waals surface area contributed by atoms with E-state index in [0.29, 0.717) is 18.7 Å². The molecule has 2 heterocycles. The van der Waals surface area contributed by atoms with Crippen molar-refractivity contribution >= 4 is 5.82 Å². The van der Waals surface area contributed by atoms with Gasteiger partial charge in [-0.1, -0.05) is 0 Å². The maximum Gasteiger partial charge on any atom is 0.251 e. The number of hydrogen-bond donors (Lipinski definition) is 0. The monoisotopic (exact) mass is 259 g/mol. The third kappa shape index (κ3) is 2.58. The molecule has 0 amide bonds. The lowest BCUT2D eigenvalue weighted by atomic mass is 10.2. The van der Waals surface area contributed by atoms with Crippen LogP contribution in [0.3, 0.4) is 0 Å². The van der Waals surface area contributed by atoms with Gasteiger partial charge in [0, 0.05) is 25.7 Å². The molecule has 1 fully saturated rings.